The van der Waals surface area contributed by atoms with Gasteiger partial charge in [0, 0.05) is 19.1 Å². The molecule has 2 N–H and O–H groups in total. The second-order valence-corrected chi connectivity index (χ2v) is 4.01. The number of hydrogen-bond donors (Lipinski definition) is 2. The van der Waals surface area contributed by atoms with E-state index in [2.05, 4.69) is 17.6 Å². The Hall–Kier alpha value is -0.740. The Kier molecular flexibility index (Phi) is 5.50. The zero-order chi connectivity index (χ0) is 11.1. The Bertz CT molecular complexity index is 219. The van der Waals surface area contributed by atoms with E-state index in [9.17, 15) is 9.59 Å². The largest absolute Gasteiger partial charge is 0.311 e. The standard InChI is InChI=1S/C11H20N2O2/c1-2-3-4-5-9-11(10(15)8-14)13-7-6-12-9/h8-9,11-13H,2-7H2,1H3. The molecule has 1 saturated heterocycles. The van der Waals surface area contributed by atoms with Gasteiger partial charge in [-0.25, -0.2) is 0 Å². The van der Waals surface area contributed by atoms with Crippen molar-refractivity contribution >= 4 is 12.1 Å². The van der Waals surface area contributed by atoms with Crippen LogP contribution in [0.4, 0.5) is 0 Å². The number of carbonyl (C=O) groups excluding carboxylic acids is 2. The first kappa shape index (κ1) is 12.3. The summed E-state index contributed by atoms with van der Waals surface area (Å²) in [5.74, 6) is -0.330. The zero-order valence-corrected chi connectivity index (χ0v) is 9.29. The molecule has 2 unspecified atom stereocenters. The lowest BCUT2D eigenvalue weighted by molar-refractivity contribution is -0.132. The van der Waals surface area contributed by atoms with Crippen LogP contribution in [0.5, 0.6) is 0 Å². The summed E-state index contributed by atoms with van der Waals surface area (Å²) >= 11 is 0. The van der Waals surface area contributed by atoms with Gasteiger partial charge in [-0.2, -0.15) is 0 Å². The van der Waals surface area contributed by atoms with Crippen LogP contribution in [-0.2, 0) is 9.59 Å². The van der Waals surface area contributed by atoms with Gasteiger partial charge in [0.25, 0.3) is 0 Å². The minimum atomic E-state index is -0.330. The maximum atomic E-state index is 11.3. The summed E-state index contributed by atoms with van der Waals surface area (Å²) in [7, 11) is 0. The van der Waals surface area contributed by atoms with Crippen molar-refractivity contribution in [1.29, 1.82) is 0 Å². The first-order chi connectivity index (χ1) is 7.29. The molecule has 4 nitrogen and oxygen atoms in total. The van der Waals surface area contributed by atoms with Crippen molar-refractivity contribution in [2.24, 2.45) is 0 Å². The molecule has 1 heterocycles. The summed E-state index contributed by atoms with van der Waals surface area (Å²) < 4.78 is 0. The topological polar surface area (TPSA) is 58.2 Å². The average molecular weight is 212 g/mol. The van der Waals surface area contributed by atoms with Crippen molar-refractivity contribution in [2.75, 3.05) is 13.1 Å². The fraction of sp³-hybridized carbons (Fsp3) is 0.818. The Labute approximate surface area is 90.8 Å². The fourth-order valence-corrected chi connectivity index (χ4v) is 2.00. The second kappa shape index (κ2) is 6.69. The third kappa shape index (κ3) is 3.72. The van der Waals surface area contributed by atoms with Crippen LogP contribution in [0.15, 0.2) is 0 Å². The predicted octanol–water partition coefficient (Wildman–Crippen LogP) is 0.265. The molecule has 0 spiro atoms. The van der Waals surface area contributed by atoms with Gasteiger partial charge < -0.3 is 10.6 Å². The quantitative estimate of drug-likeness (QED) is 0.377. The Morgan fingerprint density at radius 2 is 2.07 bits per heavy atom. The first-order valence-corrected chi connectivity index (χ1v) is 5.75. The summed E-state index contributed by atoms with van der Waals surface area (Å²) in [5.41, 5.74) is 0. The molecular formula is C11H20N2O2. The number of aldehydes is 1. The minimum Gasteiger partial charge on any atom is -0.311 e. The van der Waals surface area contributed by atoms with E-state index < -0.39 is 0 Å². The van der Waals surface area contributed by atoms with Crippen LogP contribution in [0.1, 0.15) is 32.6 Å². The number of carbonyl (C=O) groups is 2. The molecule has 86 valence electrons. The van der Waals surface area contributed by atoms with Crippen LogP contribution in [0.2, 0.25) is 0 Å². The summed E-state index contributed by atoms with van der Waals surface area (Å²) in [6.45, 7) is 3.79. The molecule has 1 rings (SSSR count). The van der Waals surface area contributed by atoms with Crippen LogP contribution in [-0.4, -0.2) is 37.2 Å². The molecule has 0 aromatic rings. The van der Waals surface area contributed by atoms with Gasteiger partial charge in [-0.1, -0.05) is 26.2 Å². The molecule has 0 aliphatic carbocycles. The maximum Gasteiger partial charge on any atom is 0.213 e. The van der Waals surface area contributed by atoms with Crippen LogP contribution in [0.25, 0.3) is 0 Å². The second-order valence-electron chi connectivity index (χ2n) is 4.01. The van der Waals surface area contributed by atoms with E-state index in [1.165, 1.54) is 12.8 Å². The van der Waals surface area contributed by atoms with Crippen molar-refractivity contribution in [3.8, 4) is 0 Å². The normalized spacial score (nSPS) is 26.2. The average Bonchev–Trinajstić information content (AvgIpc) is 2.29. The van der Waals surface area contributed by atoms with Crippen LogP contribution in [0.3, 0.4) is 0 Å². The fourth-order valence-electron chi connectivity index (χ4n) is 2.00. The molecule has 0 bridgehead atoms. The maximum absolute atomic E-state index is 11.3. The molecule has 0 radical (unpaired) electrons. The van der Waals surface area contributed by atoms with E-state index in [1.807, 2.05) is 0 Å². The minimum absolute atomic E-state index is 0.128. The van der Waals surface area contributed by atoms with Crippen molar-refractivity contribution in [3.05, 3.63) is 0 Å². The number of hydrogen-bond acceptors (Lipinski definition) is 4. The van der Waals surface area contributed by atoms with Gasteiger partial charge in [-0.05, 0) is 6.42 Å². The van der Waals surface area contributed by atoms with Crippen LogP contribution >= 0.6 is 0 Å². The number of nitrogens with one attached hydrogen (secondary N) is 2. The van der Waals surface area contributed by atoms with Gasteiger partial charge in [0.05, 0.1) is 6.04 Å². The van der Waals surface area contributed by atoms with Gasteiger partial charge in [-0.15, -0.1) is 0 Å². The van der Waals surface area contributed by atoms with E-state index in [4.69, 9.17) is 0 Å². The number of unbranched alkanes of at least 4 members (excludes halogenated alkanes) is 2. The zero-order valence-electron chi connectivity index (χ0n) is 9.29. The van der Waals surface area contributed by atoms with E-state index in [0.29, 0.717) is 6.29 Å². The van der Waals surface area contributed by atoms with Crippen molar-refractivity contribution in [1.82, 2.24) is 10.6 Å². The molecule has 0 aromatic carbocycles. The molecule has 2 atom stereocenters. The Morgan fingerprint density at radius 3 is 2.73 bits per heavy atom. The molecule has 1 aliphatic heterocycles. The van der Waals surface area contributed by atoms with Crippen LogP contribution in [0, 0.1) is 0 Å². The lowest BCUT2D eigenvalue weighted by Crippen LogP contribution is -2.59. The first-order valence-electron chi connectivity index (χ1n) is 5.75. The van der Waals surface area contributed by atoms with E-state index in [1.54, 1.807) is 0 Å². The summed E-state index contributed by atoms with van der Waals surface area (Å²) in [5, 5.41) is 6.40. The Morgan fingerprint density at radius 1 is 1.33 bits per heavy atom. The molecule has 0 amide bonds. The molecule has 4 heteroatoms. The van der Waals surface area contributed by atoms with E-state index >= 15 is 0 Å². The van der Waals surface area contributed by atoms with Crippen molar-refractivity contribution < 1.29 is 9.59 Å². The number of Topliss-reactive ketones (excluding diaryl/α,β-unsaturated/α-hetero) is 1. The van der Waals surface area contributed by atoms with Gasteiger partial charge in [-0.3, -0.25) is 9.59 Å². The molecule has 0 aromatic heterocycles. The smallest absolute Gasteiger partial charge is 0.213 e. The Balaban J connectivity index is 2.42. The SMILES string of the molecule is CCCCCC1NCCNC1C(=O)C=O. The van der Waals surface area contributed by atoms with E-state index in [-0.39, 0.29) is 17.9 Å². The lowest BCUT2D eigenvalue weighted by atomic mass is 9.96. The van der Waals surface area contributed by atoms with Crippen molar-refractivity contribution in [3.63, 3.8) is 0 Å². The molecule has 1 fully saturated rings. The highest BCUT2D eigenvalue weighted by Gasteiger charge is 2.29. The highest BCUT2D eigenvalue weighted by Crippen LogP contribution is 2.09. The van der Waals surface area contributed by atoms with Crippen LogP contribution < -0.4 is 10.6 Å². The highest BCUT2D eigenvalue weighted by atomic mass is 16.2. The highest BCUT2D eigenvalue weighted by molar-refractivity contribution is 6.27. The third-order valence-corrected chi connectivity index (χ3v) is 2.84. The summed E-state index contributed by atoms with van der Waals surface area (Å²) in [4.78, 5) is 21.8. The molecule has 1 aliphatic rings. The molecule has 15 heavy (non-hydrogen) atoms. The van der Waals surface area contributed by atoms with Gasteiger partial charge in [0.2, 0.25) is 5.78 Å². The molecular weight excluding hydrogens is 192 g/mol. The van der Waals surface area contributed by atoms with E-state index in [0.717, 1.165) is 25.9 Å². The number of rotatable bonds is 6. The van der Waals surface area contributed by atoms with Crippen molar-refractivity contribution in [2.45, 2.75) is 44.7 Å². The number of piperazine rings is 1. The van der Waals surface area contributed by atoms with Gasteiger partial charge >= 0.3 is 0 Å². The third-order valence-electron chi connectivity index (χ3n) is 2.84. The lowest BCUT2D eigenvalue weighted by Gasteiger charge is -2.31. The predicted molar refractivity (Wildman–Crippen MR) is 58.8 cm³/mol. The number of ketones is 1. The monoisotopic (exact) mass is 212 g/mol. The molecule has 0 saturated carbocycles. The summed E-state index contributed by atoms with van der Waals surface area (Å²) in [6.07, 6.45) is 4.85. The van der Waals surface area contributed by atoms with Gasteiger partial charge in [0.15, 0.2) is 6.29 Å². The van der Waals surface area contributed by atoms with Gasteiger partial charge in [0.1, 0.15) is 0 Å². The summed E-state index contributed by atoms with van der Waals surface area (Å²) in [6, 6.07) is -0.184.